The molecule has 0 saturated heterocycles. The largest absolute Gasteiger partial charge is 0.496 e. The summed E-state index contributed by atoms with van der Waals surface area (Å²) < 4.78 is 42.5. The van der Waals surface area contributed by atoms with Crippen molar-refractivity contribution >= 4 is 0 Å². The lowest BCUT2D eigenvalue weighted by atomic mass is 10.1. The third-order valence-electron chi connectivity index (χ3n) is 2.06. The molecule has 2 nitrogen and oxygen atoms in total. The summed E-state index contributed by atoms with van der Waals surface area (Å²) in [5, 5.41) is 0. The number of ether oxygens (including phenoxy) is 1. The first-order valence-corrected chi connectivity index (χ1v) is 4.41. The Labute approximate surface area is 85.8 Å². The molecule has 5 heteroatoms. The van der Waals surface area contributed by atoms with Crippen molar-refractivity contribution in [2.45, 2.75) is 18.9 Å². The molecule has 1 atom stereocenters. The van der Waals surface area contributed by atoms with Gasteiger partial charge in [-0.05, 0) is 18.6 Å². The maximum atomic E-state index is 13.3. The Balaban J connectivity index is 2.92. The van der Waals surface area contributed by atoms with E-state index in [2.05, 4.69) is 0 Å². The van der Waals surface area contributed by atoms with E-state index in [0.717, 1.165) is 0 Å². The average Bonchev–Trinajstić information content (AvgIpc) is 2.20. The van der Waals surface area contributed by atoms with Gasteiger partial charge in [-0.1, -0.05) is 6.07 Å². The molecule has 0 spiro atoms. The summed E-state index contributed by atoms with van der Waals surface area (Å²) in [7, 11) is 1.35. The van der Waals surface area contributed by atoms with Gasteiger partial charge < -0.3 is 10.5 Å². The molecule has 0 radical (unpaired) electrons. The Morgan fingerprint density at radius 3 is 2.60 bits per heavy atom. The van der Waals surface area contributed by atoms with E-state index < -0.39 is 18.3 Å². The Morgan fingerprint density at radius 2 is 2.07 bits per heavy atom. The van der Waals surface area contributed by atoms with E-state index in [1.807, 2.05) is 0 Å². The molecule has 0 fully saturated rings. The molecule has 2 N–H and O–H groups in total. The fourth-order valence-electron chi connectivity index (χ4n) is 1.25. The highest BCUT2D eigenvalue weighted by molar-refractivity contribution is 5.35. The Hall–Kier alpha value is -1.23. The molecule has 1 rings (SSSR count). The Bertz CT molecular complexity index is 330. The van der Waals surface area contributed by atoms with Gasteiger partial charge in [-0.2, -0.15) is 0 Å². The lowest BCUT2D eigenvalue weighted by Gasteiger charge is -2.13. The lowest BCUT2D eigenvalue weighted by Crippen LogP contribution is -2.31. The molecule has 0 aromatic heterocycles. The van der Waals surface area contributed by atoms with Gasteiger partial charge in [-0.25, -0.2) is 13.2 Å². The van der Waals surface area contributed by atoms with Gasteiger partial charge in [0.15, 0.2) is 0 Å². The summed E-state index contributed by atoms with van der Waals surface area (Å²) in [5.74, 6) is -0.337. The van der Waals surface area contributed by atoms with Gasteiger partial charge in [-0.15, -0.1) is 0 Å². The van der Waals surface area contributed by atoms with Crippen molar-refractivity contribution in [3.63, 3.8) is 0 Å². The number of nitrogens with two attached hydrogens (primary N) is 1. The van der Waals surface area contributed by atoms with Crippen molar-refractivity contribution < 1.29 is 17.9 Å². The maximum absolute atomic E-state index is 13.3. The average molecular weight is 219 g/mol. The molecule has 15 heavy (non-hydrogen) atoms. The van der Waals surface area contributed by atoms with E-state index in [4.69, 9.17) is 10.5 Å². The van der Waals surface area contributed by atoms with Crippen LogP contribution in [0, 0.1) is 5.82 Å². The smallest absolute Gasteiger partial charge is 0.253 e. The molecule has 1 aromatic rings. The van der Waals surface area contributed by atoms with Crippen LogP contribution in [0.25, 0.3) is 0 Å². The van der Waals surface area contributed by atoms with E-state index >= 15 is 0 Å². The fraction of sp³-hybridized carbons (Fsp3) is 0.400. The second-order valence-corrected chi connectivity index (χ2v) is 3.12. The molecule has 1 aromatic carbocycles. The van der Waals surface area contributed by atoms with E-state index in [1.54, 1.807) is 0 Å². The summed E-state index contributed by atoms with van der Waals surface area (Å²) in [4.78, 5) is 0. The quantitative estimate of drug-likeness (QED) is 0.840. The zero-order chi connectivity index (χ0) is 11.4. The number of rotatable bonds is 4. The van der Waals surface area contributed by atoms with Crippen LogP contribution in [0.1, 0.15) is 5.56 Å². The van der Waals surface area contributed by atoms with Crippen molar-refractivity contribution in [1.82, 2.24) is 0 Å². The first kappa shape index (κ1) is 11.8. The van der Waals surface area contributed by atoms with Crippen LogP contribution in [0.5, 0.6) is 5.75 Å². The summed E-state index contributed by atoms with van der Waals surface area (Å²) in [6, 6.07) is 2.77. The second-order valence-electron chi connectivity index (χ2n) is 3.12. The van der Waals surface area contributed by atoms with Gasteiger partial charge in [-0.3, -0.25) is 0 Å². The number of hydrogen-bond acceptors (Lipinski definition) is 2. The zero-order valence-corrected chi connectivity index (χ0v) is 8.21. The number of methoxy groups -OCH3 is 1. The van der Waals surface area contributed by atoms with E-state index in [0.29, 0.717) is 0 Å². The van der Waals surface area contributed by atoms with Crippen molar-refractivity contribution in [3.8, 4) is 5.75 Å². The van der Waals surface area contributed by atoms with Gasteiger partial charge in [0.2, 0.25) is 0 Å². The van der Waals surface area contributed by atoms with E-state index in [1.165, 1.54) is 25.3 Å². The third kappa shape index (κ3) is 2.86. The van der Waals surface area contributed by atoms with Crippen LogP contribution in [0.3, 0.4) is 0 Å². The molecule has 0 heterocycles. The van der Waals surface area contributed by atoms with Gasteiger partial charge in [0.1, 0.15) is 11.6 Å². The molecule has 0 aliphatic heterocycles. The molecule has 0 aliphatic rings. The minimum Gasteiger partial charge on any atom is -0.496 e. The summed E-state index contributed by atoms with van der Waals surface area (Å²) >= 11 is 0. The molecule has 0 saturated carbocycles. The second kappa shape index (κ2) is 5.02. The molecular weight excluding hydrogens is 207 g/mol. The molecule has 0 amide bonds. The van der Waals surface area contributed by atoms with E-state index in [9.17, 15) is 13.2 Å². The molecule has 0 aliphatic carbocycles. The first-order chi connectivity index (χ1) is 7.06. The summed E-state index contributed by atoms with van der Waals surface area (Å²) in [5.41, 5.74) is 5.26. The van der Waals surface area contributed by atoms with Crippen LogP contribution < -0.4 is 10.5 Å². The Kier molecular flexibility index (Phi) is 3.96. The normalized spacial score (nSPS) is 12.9. The third-order valence-corrected chi connectivity index (χ3v) is 2.06. The van der Waals surface area contributed by atoms with Crippen LogP contribution in [-0.4, -0.2) is 19.6 Å². The van der Waals surface area contributed by atoms with Crippen LogP contribution in [0.15, 0.2) is 18.2 Å². The fourth-order valence-corrected chi connectivity index (χ4v) is 1.25. The van der Waals surface area contributed by atoms with Crippen LogP contribution >= 0.6 is 0 Å². The SMILES string of the molecule is COc1cccc(F)c1CC(N)C(F)F. The molecule has 1 unspecified atom stereocenters. The number of halogens is 3. The minimum absolute atomic E-state index is 0.0906. The van der Waals surface area contributed by atoms with Gasteiger partial charge >= 0.3 is 0 Å². The van der Waals surface area contributed by atoms with Crippen LogP contribution in [0.2, 0.25) is 0 Å². The summed E-state index contributed by atoms with van der Waals surface area (Å²) in [6.07, 6.45) is -2.91. The van der Waals surface area contributed by atoms with Crippen LogP contribution in [0.4, 0.5) is 13.2 Å². The topological polar surface area (TPSA) is 35.2 Å². The highest BCUT2D eigenvalue weighted by Gasteiger charge is 2.19. The van der Waals surface area contributed by atoms with Crippen molar-refractivity contribution in [3.05, 3.63) is 29.6 Å². The number of benzene rings is 1. The van der Waals surface area contributed by atoms with Crippen molar-refractivity contribution in [2.24, 2.45) is 5.73 Å². The summed E-state index contributed by atoms with van der Waals surface area (Å²) in [6.45, 7) is 0. The maximum Gasteiger partial charge on any atom is 0.253 e. The highest BCUT2D eigenvalue weighted by atomic mass is 19.3. The number of alkyl halides is 2. The minimum atomic E-state index is -2.67. The van der Waals surface area contributed by atoms with Crippen molar-refractivity contribution in [2.75, 3.05) is 7.11 Å². The van der Waals surface area contributed by atoms with Gasteiger partial charge in [0, 0.05) is 5.56 Å². The highest BCUT2D eigenvalue weighted by Crippen LogP contribution is 2.23. The molecule has 0 bridgehead atoms. The number of hydrogen-bond donors (Lipinski definition) is 1. The Morgan fingerprint density at radius 1 is 1.40 bits per heavy atom. The van der Waals surface area contributed by atoms with Crippen LogP contribution in [-0.2, 0) is 6.42 Å². The predicted molar refractivity (Wildman–Crippen MR) is 50.6 cm³/mol. The van der Waals surface area contributed by atoms with Gasteiger partial charge in [0.05, 0.1) is 13.2 Å². The van der Waals surface area contributed by atoms with E-state index in [-0.39, 0.29) is 17.7 Å². The monoisotopic (exact) mass is 219 g/mol. The molecular formula is C10H12F3NO. The van der Waals surface area contributed by atoms with Gasteiger partial charge in [0.25, 0.3) is 6.43 Å². The first-order valence-electron chi connectivity index (χ1n) is 4.41. The predicted octanol–water partition coefficient (Wildman–Crippen LogP) is 1.97. The molecule has 84 valence electrons. The van der Waals surface area contributed by atoms with Crippen molar-refractivity contribution in [1.29, 1.82) is 0 Å². The zero-order valence-electron chi connectivity index (χ0n) is 8.21. The standard InChI is InChI=1S/C10H12F3NO/c1-15-9-4-2-3-7(11)6(9)5-8(14)10(12)13/h2-4,8,10H,5,14H2,1H3. The lowest BCUT2D eigenvalue weighted by molar-refractivity contribution is 0.115.